The molecular formula is C3H6N2OS. The molecule has 0 aliphatic heterocycles. The molecule has 0 saturated carbocycles. The van der Waals surface area contributed by atoms with Crippen LogP contribution in [-0.2, 0) is 4.79 Å². The highest BCUT2D eigenvalue weighted by molar-refractivity contribution is 7.79. The average molecular weight is 118 g/mol. The van der Waals surface area contributed by atoms with Crippen LogP contribution in [-0.4, -0.2) is 11.6 Å². The summed E-state index contributed by atoms with van der Waals surface area (Å²) in [5.74, 6) is -0.532. The van der Waals surface area contributed by atoms with Crippen LogP contribution in [0.25, 0.3) is 0 Å². The lowest BCUT2D eigenvalue weighted by Crippen LogP contribution is -2.19. The Labute approximate surface area is 47.2 Å². The summed E-state index contributed by atoms with van der Waals surface area (Å²) in [7, 11) is 0. The van der Waals surface area contributed by atoms with Crippen molar-refractivity contribution in [1.29, 1.82) is 0 Å². The van der Waals surface area contributed by atoms with Gasteiger partial charge in [0.1, 0.15) is 5.71 Å². The topological polar surface area (TPSA) is 55.4 Å². The van der Waals surface area contributed by atoms with Gasteiger partial charge >= 0.3 is 0 Å². The molecule has 0 unspecified atom stereocenters. The molecule has 0 bridgehead atoms. The van der Waals surface area contributed by atoms with Gasteiger partial charge in [-0.15, -0.1) is 0 Å². The molecule has 0 atom stereocenters. The molecule has 4 heteroatoms. The van der Waals surface area contributed by atoms with Gasteiger partial charge in [0.05, 0.1) is 0 Å². The first-order valence-corrected chi connectivity index (χ1v) is 2.07. The van der Waals surface area contributed by atoms with Crippen molar-refractivity contribution in [2.24, 2.45) is 10.1 Å². The molecule has 0 aliphatic carbocycles. The zero-order chi connectivity index (χ0) is 5.86. The van der Waals surface area contributed by atoms with Crippen molar-refractivity contribution in [3.63, 3.8) is 0 Å². The lowest BCUT2D eigenvalue weighted by atomic mass is 10.4. The molecule has 0 aliphatic rings. The number of nitrogens with two attached hydrogens (primary N) is 1. The van der Waals surface area contributed by atoms with Crippen molar-refractivity contribution in [3.05, 3.63) is 0 Å². The van der Waals surface area contributed by atoms with E-state index in [1.807, 2.05) is 0 Å². The summed E-state index contributed by atoms with van der Waals surface area (Å²) in [4.78, 5) is 9.97. The largest absolute Gasteiger partial charge is 0.365 e. The number of carbonyl (C=O) groups is 1. The van der Waals surface area contributed by atoms with Crippen LogP contribution in [0.2, 0.25) is 0 Å². The predicted octanol–water partition coefficient (Wildman–Crippen LogP) is -0.223. The summed E-state index contributed by atoms with van der Waals surface area (Å²) in [6.07, 6.45) is 0. The lowest BCUT2D eigenvalue weighted by molar-refractivity contribution is -0.112. The summed E-state index contributed by atoms with van der Waals surface area (Å²) >= 11 is 3.44. The molecule has 0 aromatic rings. The second-order valence-electron chi connectivity index (χ2n) is 1.05. The minimum absolute atomic E-state index is 0.225. The second-order valence-corrected chi connectivity index (χ2v) is 1.25. The third-order valence-electron chi connectivity index (χ3n) is 0.507. The van der Waals surface area contributed by atoms with Gasteiger partial charge in [0.2, 0.25) is 0 Å². The van der Waals surface area contributed by atoms with Crippen LogP contribution in [0.15, 0.2) is 4.40 Å². The summed E-state index contributed by atoms with van der Waals surface area (Å²) < 4.78 is 3.22. The highest BCUT2D eigenvalue weighted by Gasteiger charge is 1.93. The normalized spacial score (nSPS) is 11.4. The third-order valence-corrected chi connectivity index (χ3v) is 0.807. The zero-order valence-electron chi connectivity index (χ0n) is 3.88. The van der Waals surface area contributed by atoms with Crippen molar-refractivity contribution in [2.45, 2.75) is 6.92 Å². The van der Waals surface area contributed by atoms with Gasteiger partial charge in [0.25, 0.3) is 5.91 Å². The summed E-state index contributed by atoms with van der Waals surface area (Å²) in [5, 5.41) is 0. The number of rotatable bonds is 1. The van der Waals surface area contributed by atoms with Gasteiger partial charge in [-0.2, -0.15) is 0 Å². The molecule has 7 heavy (non-hydrogen) atoms. The smallest absolute Gasteiger partial charge is 0.263 e. The number of amides is 1. The molecule has 0 aromatic carbocycles. The standard InChI is InChI=1S/C3H6N2OS/c1-2(5-7)3(4)6/h7H,1H3,(H2,4,6)/b5-2-. The van der Waals surface area contributed by atoms with E-state index in [2.05, 4.69) is 17.2 Å². The SMILES string of the molecule is C/C(=N/S)C(N)=O. The molecule has 0 saturated heterocycles. The number of hydrogen-bond acceptors (Lipinski definition) is 3. The number of nitrogens with zero attached hydrogens (tertiary/aromatic N) is 1. The Balaban J connectivity index is 3.82. The fourth-order valence-electron chi connectivity index (χ4n) is 0.0493. The number of thiol groups is 1. The predicted molar refractivity (Wildman–Crippen MR) is 31.3 cm³/mol. The molecule has 0 radical (unpaired) electrons. The Morgan fingerprint density at radius 3 is 2.29 bits per heavy atom. The molecule has 3 nitrogen and oxygen atoms in total. The molecule has 2 N–H and O–H groups in total. The van der Waals surface area contributed by atoms with Crippen LogP contribution in [0.3, 0.4) is 0 Å². The van der Waals surface area contributed by atoms with Gasteiger partial charge in [-0.05, 0) is 19.7 Å². The fraction of sp³-hybridized carbons (Fsp3) is 0.333. The maximum Gasteiger partial charge on any atom is 0.263 e. The van der Waals surface area contributed by atoms with Crippen molar-refractivity contribution in [3.8, 4) is 0 Å². The maximum atomic E-state index is 9.97. The summed E-state index contributed by atoms with van der Waals surface area (Å²) in [6.45, 7) is 1.50. The van der Waals surface area contributed by atoms with E-state index in [1.165, 1.54) is 6.92 Å². The first-order valence-electron chi connectivity index (χ1n) is 1.67. The number of primary amides is 1. The van der Waals surface area contributed by atoms with E-state index in [-0.39, 0.29) is 5.71 Å². The zero-order valence-corrected chi connectivity index (χ0v) is 4.77. The van der Waals surface area contributed by atoms with Crippen LogP contribution in [0.5, 0.6) is 0 Å². The summed E-state index contributed by atoms with van der Waals surface area (Å²) in [6, 6.07) is 0. The molecule has 40 valence electrons. The molecule has 0 rings (SSSR count). The van der Waals surface area contributed by atoms with Crippen molar-refractivity contribution in [2.75, 3.05) is 0 Å². The van der Waals surface area contributed by atoms with Crippen LogP contribution < -0.4 is 5.73 Å². The van der Waals surface area contributed by atoms with Crippen molar-refractivity contribution < 1.29 is 4.79 Å². The molecule has 0 heterocycles. The minimum atomic E-state index is -0.532. The Kier molecular flexibility index (Phi) is 2.44. The van der Waals surface area contributed by atoms with E-state index in [0.717, 1.165) is 0 Å². The van der Waals surface area contributed by atoms with Gasteiger partial charge in [-0.3, -0.25) is 4.79 Å². The molecule has 0 fully saturated rings. The highest BCUT2D eigenvalue weighted by Crippen LogP contribution is 1.77. The Morgan fingerprint density at radius 2 is 2.29 bits per heavy atom. The summed E-state index contributed by atoms with van der Waals surface area (Å²) in [5.41, 5.74) is 4.95. The van der Waals surface area contributed by atoms with Crippen LogP contribution in [0.1, 0.15) is 6.92 Å². The first kappa shape index (κ1) is 6.49. The minimum Gasteiger partial charge on any atom is -0.365 e. The average Bonchev–Trinajstić information content (AvgIpc) is 1.65. The lowest BCUT2D eigenvalue weighted by Gasteiger charge is -1.83. The molecule has 0 spiro atoms. The van der Waals surface area contributed by atoms with Crippen LogP contribution in [0, 0.1) is 0 Å². The van der Waals surface area contributed by atoms with Gasteiger partial charge in [0, 0.05) is 0 Å². The number of hydrogen-bond donors (Lipinski definition) is 2. The number of carbonyl (C=O) groups excluding carboxylic acids is 1. The van der Waals surface area contributed by atoms with E-state index in [1.54, 1.807) is 0 Å². The first-order chi connectivity index (χ1) is 3.18. The van der Waals surface area contributed by atoms with Crippen LogP contribution >= 0.6 is 12.8 Å². The van der Waals surface area contributed by atoms with Gasteiger partial charge < -0.3 is 5.73 Å². The van der Waals surface area contributed by atoms with E-state index in [9.17, 15) is 4.79 Å². The molecular weight excluding hydrogens is 112 g/mol. The monoisotopic (exact) mass is 118 g/mol. The van der Waals surface area contributed by atoms with Crippen LogP contribution in [0.4, 0.5) is 0 Å². The van der Waals surface area contributed by atoms with Gasteiger partial charge in [-0.25, -0.2) is 4.40 Å². The molecule has 1 amide bonds. The Hall–Kier alpha value is -0.510. The van der Waals surface area contributed by atoms with E-state index >= 15 is 0 Å². The maximum absolute atomic E-state index is 9.97. The van der Waals surface area contributed by atoms with E-state index in [4.69, 9.17) is 5.73 Å². The Bertz CT molecular complexity index is 110. The third kappa shape index (κ3) is 2.22. The Morgan fingerprint density at radius 1 is 1.86 bits per heavy atom. The van der Waals surface area contributed by atoms with E-state index < -0.39 is 5.91 Å². The van der Waals surface area contributed by atoms with E-state index in [0.29, 0.717) is 0 Å². The van der Waals surface area contributed by atoms with Gasteiger partial charge in [0.15, 0.2) is 0 Å². The van der Waals surface area contributed by atoms with Crippen molar-refractivity contribution in [1.82, 2.24) is 0 Å². The van der Waals surface area contributed by atoms with Crippen molar-refractivity contribution >= 4 is 24.4 Å². The van der Waals surface area contributed by atoms with Gasteiger partial charge in [-0.1, -0.05) is 0 Å². The fourth-order valence-corrected chi connectivity index (χ4v) is 0.148. The molecule has 0 aromatic heterocycles. The quantitative estimate of drug-likeness (QED) is 0.363. The highest BCUT2D eigenvalue weighted by atomic mass is 32.1. The second kappa shape index (κ2) is 2.63.